The van der Waals surface area contributed by atoms with E-state index < -0.39 is 11.6 Å². The van der Waals surface area contributed by atoms with Gasteiger partial charge in [-0.15, -0.1) is 0 Å². The summed E-state index contributed by atoms with van der Waals surface area (Å²) in [6.07, 6.45) is 0. The van der Waals surface area contributed by atoms with Gasteiger partial charge in [0.25, 0.3) is 0 Å². The average Bonchev–Trinajstić information content (AvgIpc) is 2.91. The molecule has 5 aromatic rings. The first kappa shape index (κ1) is 22.5. The van der Waals surface area contributed by atoms with Crippen LogP contribution >= 0.6 is 23.5 Å². The molecule has 174 valence electrons. The SMILES string of the molecule is O=C1c2cc(Sc3ccccc3)c(Sc3ccccc3)cc2C(=O)c2c1c(O)c1ccccc1c2O. The molecule has 4 nitrogen and oxygen atoms in total. The molecule has 0 aromatic heterocycles. The standard InChI is InChI=1S/C30H18O4S2/c31-27-19-13-7-8-14-20(19)28(32)26-25(27)29(33)21-15-23(35-17-9-3-1-4-10-17)24(16-22(21)30(26)34)36-18-11-5-2-6-12-18/h1-16,31-32H. The van der Waals surface area contributed by atoms with Crippen molar-refractivity contribution in [3.63, 3.8) is 0 Å². The van der Waals surface area contributed by atoms with E-state index in [2.05, 4.69) is 0 Å². The van der Waals surface area contributed by atoms with E-state index in [1.807, 2.05) is 60.7 Å². The van der Waals surface area contributed by atoms with Crippen LogP contribution in [0.1, 0.15) is 31.8 Å². The molecule has 0 saturated carbocycles. The van der Waals surface area contributed by atoms with Crippen LogP contribution in [0.4, 0.5) is 0 Å². The third-order valence-electron chi connectivity index (χ3n) is 6.13. The van der Waals surface area contributed by atoms with Crippen LogP contribution in [-0.4, -0.2) is 21.8 Å². The summed E-state index contributed by atoms with van der Waals surface area (Å²) in [7, 11) is 0. The highest BCUT2D eigenvalue weighted by Crippen LogP contribution is 2.47. The highest BCUT2D eigenvalue weighted by molar-refractivity contribution is 8.02. The lowest BCUT2D eigenvalue weighted by atomic mass is 9.81. The lowest BCUT2D eigenvalue weighted by molar-refractivity contribution is 0.0974. The second-order valence-electron chi connectivity index (χ2n) is 8.33. The van der Waals surface area contributed by atoms with Gasteiger partial charge in [-0.2, -0.15) is 0 Å². The Bertz CT molecular complexity index is 1550. The molecule has 1 aliphatic carbocycles. The quantitative estimate of drug-likeness (QED) is 0.244. The van der Waals surface area contributed by atoms with Gasteiger partial charge in [0.05, 0.1) is 11.1 Å². The molecule has 0 saturated heterocycles. The maximum absolute atomic E-state index is 13.7. The lowest BCUT2D eigenvalue weighted by Gasteiger charge is -2.23. The lowest BCUT2D eigenvalue weighted by Crippen LogP contribution is -2.22. The minimum atomic E-state index is -0.482. The van der Waals surface area contributed by atoms with Gasteiger partial charge in [-0.05, 0) is 36.4 Å². The number of aromatic hydroxyl groups is 2. The maximum atomic E-state index is 13.7. The molecule has 0 atom stereocenters. The molecule has 0 amide bonds. The first-order valence-corrected chi connectivity index (χ1v) is 12.9. The second-order valence-corrected chi connectivity index (χ2v) is 10.6. The Morgan fingerprint density at radius 2 is 0.861 bits per heavy atom. The van der Waals surface area contributed by atoms with Crippen LogP contribution in [0.2, 0.25) is 0 Å². The number of phenolic OH excluding ortho intramolecular Hbond substituents is 2. The Labute approximate surface area is 215 Å². The van der Waals surface area contributed by atoms with Crippen molar-refractivity contribution in [3.8, 4) is 11.5 Å². The Hall–Kier alpha value is -4.00. The molecule has 5 aromatic carbocycles. The number of ketones is 2. The van der Waals surface area contributed by atoms with Crippen molar-refractivity contribution >= 4 is 45.9 Å². The fourth-order valence-corrected chi connectivity index (χ4v) is 6.46. The third-order valence-corrected chi connectivity index (χ3v) is 8.39. The van der Waals surface area contributed by atoms with Crippen molar-refractivity contribution in [1.29, 1.82) is 0 Å². The minimum Gasteiger partial charge on any atom is -0.506 e. The van der Waals surface area contributed by atoms with Crippen molar-refractivity contribution < 1.29 is 19.8 Å². The predicted octanol–water partition coefficient (Wildman–Crippen LogP) is 7.33. The first-order chi connectivity index (χ1) is 17.5. The molecule has 0 aliphatic heterocycles. The van der Waals surface area contributed by atoms with Gasteiger partial charge in [-0.25, -0.2) is 0 Å². The molecule has 36 heavy (non-hydrogen) atoms. The number of benzene rings is 5. The van der Waals surface area contributed by atoms with Crippen LogP contribution in [0, 0.1) is 0 Å². The van der Waals surface area contributed by atoms with Crippen molar-refractivity contribution in [3.05, 3.63) is 119 Å². The van der Waals surface area contributed by atoms with Crippen molar-refractivity contribution in [2.45, 2.75) is 19.6 Å². The number of rotatable bonds is 4. The summed E-state index contributed by atoms with van der Waals surface area (Å²) in [4.78, 5) is 31.0. The average molecular weight is 507 g/mol. The molecule has 2 N–H and O–H groups in total. The van der Waals surface area contributed by atoms with E-state index in [9.17, 15) is 19.8 Å². The van der Waals surface area contributed by atoms with Gasteiger partial charge in [-0.3, -0.25) is 9.59 Å². The summed E-state index contributed by atoms with van der Waals surface area (Å²) in [5.74, 6) is -1.54. The third kappa shape index (κ3) is 3.66. The molecular formula is C30H18O4S2. The highest BCUT2D eigenvalue weighted by Gasteiger charge is 2.37. The summed E-state index contributed by atoms with van der Waals surface area (Å²) in [6, 6.07) is 29.7. The highest BCUT2D eigenvalue weighted by atomic mass is 32.2. The molecular weight excluding hydrogens is 488 g/mol. The Morgan fingerprint density at radius 3 is 1.25 bits per heavy atom. The van der Waals surface area contributed by atoms with Gasteiger partial charge >= 0.3 is 0 Å². The van der Waals surface area contributed by atoms with Gasteiger partial charge in [0.15, 0.2) is 11.6 Å². The first-order valence-electron chi connectivity index (χ1n) is 11.2. The zero-order chi connectivity index (χ0) is 24.8. The van der Waals surface area contributed by atoms with E-state index in [-0.39, 0.29) is 33.8 Å². The van der Waals surface area contributed by atoms with E-state index in [4.69, 9.17) is 0 Å². The molecule has 6 rings (SSSR count). The number of carbonyl (C=O) groups is 2. The molecule has 1 aliphatic rings. The number of fused-ring (bicyclic) bond motifs is 3. The predicted molar refractivity (Wildman–Crippen MR) is 142 cm³/mol. The van der Waals surface area contributed by atoms with E-state index >= 15 is 0 Å². The molecule has 0 radical (unpaired) electrons. The largest absolute Gasteiger partial charge is 0.506 e. The van der Waals surface area contributed by atoms with Crippen LogP contribution in [0.25, 0.3) is 10.8 Å². The van der Waals surface area contributed by atoms with Crippen LogP contribution in [0.3, 0.4) is 0 Å². The molecule has 0 spiro atoms. The molecule has 0 heterocycles. The number of phenols is 2. The van der Waals surface area contributed by atoms with Gasteiger partial charge in [0, 0.05) is 41.5 Å². The smallest absolute Gasteiger partial charge is 0.198 e. The monoisotopic (exact) mass is 506 g/mol. The van der Waals surface area contributed by atoms with Gasteiger partial charge < -0.3 is 10.2 Å². The van der Waals surface area contributed by atoms with Crippen LogP contribution < -0.4 is 0 Å². The van der Waals surface area contributed by atoms with Crippen LogP contribution in [0.5, 0.6) is 11.5 Å². The van der Waals surface area contributed by atoms with E-state index in [0.717, 1.165) is 19.6 Å². The van der Waals surface area contributed by atoms with Gasteiger partial charge in [-0.1, -0.05) is 84.2 Å². The molecule has 0 fully saturated rings. The minimum absolute atomic E-state index is 0.150. The normalized spacial score (nSPS) is 12.4. The Balaban J connectivity index is 1.56. The molecule has 0 bridgehead atoms. The van der Waals surface area contributed by atoms with Crippen molar-refractivity contribution in [1.82, 2.24) is 0 Å². The summed E-state index contributed by atoms with van der Waals surface area (Å²) in [5, 5.41) is 22.6. The maximum Gasteiger partial charge on any atom is 0.198 e. The summed E-state index contributed by atoms with van der Waals surface area (Å²) in [6.45, 7) is 0. The fraction of sp³-hybridized carbons (Fsp3) is 0. The van der Waals surface area contributed by atoms with E-state index in [0.29, 0.717) is 10.8 Å². The van der Waals surface area contributed by atoms with Crippen LogP contribution in [-0.2, 0) is 0 Å². The van der Waals surface area contributed by atoms with Crippen molar-refractivity contribution in [2.75, 3.05) is 0 Å². The molecule has 0 unspecified atom stereocenters. The summed E-state index contributed by atoms with van der Waals surface area (Å²) in [5.41, 5.74) is 0.132. The van der Waals surface area contributed by atoms with Crippen molar-refractivity contribution in [2.24, 2.45) is 0 Å². The fourth-order valence-electron chi connectivity index (χ4n) is 4.44. The summed E-state index contributed by atoms with van der Waals surface area (Å²) < 4.78 is 0. The zero-order valence-corrected chi connectivity index (χ0v) is 20.4. The second kappa shape index (κ2) is 8.90. The number of hydrogen-bond donors (Lipinski definition) is 2. The summed E-state index contributed by atoms with van der Waals surface area (Å²) >= 11 is 3.01. The number of carbonyl (C=O) groups excluding carboxylic acids is 2. The Morgan fingerprint density at radius 1 is 0.500 bits per heavy atom. The van der Waals surface area contributed by atoms with Gasteiger partial charge in [0.2, 0.25) is 0 Å². The van der Waals surface area contributed by atoms with E-state index in [1.54, 1.807) is 36.4 Å². The topological polar surface area (TPSA) is 74.6 Å². The van der Waals surface area contributed by atoms with E-state index in [1.165, 1.54) is 23.5 Å². The van der Waals surface area contributed by atoms with Crippen LogP contribution in [0.15, 0.2) is 117 Å². The van der Waals surface area contributed by atoms with Gasteiger partial charge in [0.1, 0.15) is 11.5 Å². The zero-order valence-electron chi connectivity index (χ0n) is 18.8. The molecule has 6 heteroatoms. The number of hydrogen-bond acceptors (Lipinski definition) is 6. The Kier molecular flexibility index (Phi) is 5.55.